The van der Waals surface area contributed by atoms with E-state index in [1.807, 2.05) is 20.8 Å². The summed E-state index contributed by atoms with van der Waals surface area (Å²) in [6.45, 7) is 14.5. The summed E-state index contributed by atoms with van der Waals surface area (Å²) < 4.78 is 35.1. The molecule has 1 amide bonds. The first-order chi connectivity index (χ1) is 17.4. The summed E-state index contributed by atoms with van der Waals surface area (Å²) in [5, 5.41) is 13.6. The van der Waals surface area contributed by atoms with Gasteiger partial charge in [-0.1, -0.05) is 27.2 Å². The Labute approximate surface area is 219 Å². The zero-order valence-corrected chi connectivity index (χ0v) is 22.9. The van der Waals surface area contributed by atoms with Crippen LogP contribution in [0.25, 0.3) is 0 Å². The monoisotopic (exact) mass is 523 g/mol. The number of carbonyl (C=O) groups excluding carboxylic acids is 1. The average Bonchev–Trinajstić information content (AvgIpc) is 3.12. The zero-order chi connectivity index (χ0) is 27.0. The molecule has 4 rings (SSSR count). The van der Waals surface area contributed by atoms with E-state index in [4.69, 9.17) is 4.74 Å². The zero-order valence-electron chi connectivity index (χ0n) is 22.9. The number of morpholine rings is 1. The van der Waals surface area contributed by atoms with E-state index in [9.17, 15) is 18.7 Å². The molecule has 3 aliphatic rings. The molecule has 0 saturated carbocycles. The van der Waals surface area contributed by atoms with Gasteiger partial charge in [-0.2, -0.15) is 8.78 Å². The first-order valence-electron chi connectivity index (χ1n) is 13.5. The lowest BCUT2D eigenvalue weighted by Gasteiger charge is -2.48. The van der Waals surface area contributed by atoms with Gasteiger partial charge < -0.3 is 20.1 Å². The number of hydrogen-bond acceptors (Lipinski definition) is 7. The first kappa shape index (κ1) is 28.3. The number of anilines is 1. The summed E-state index contributed by atoms with van der Waals surface area (Å²) in [7, 11) is 0. The lowest BCUT2D eigenvalue weighted by atomic mass is 9.88. The first-order valence-corrected chi connectivity index (χ1v) is 13.5. The molecule has 0 unspecified atom stereocenters. The Morgan fingerprint density at radius 3 is 2.81 bits per heavy atom. The maximum atomic E-state index is 14.7. The Balaban J connectivity index is 1.54. The van der Waals surface area contributed by atoms with Crippen LogP contribution < -0.4 is 10.2 Å². The van der Waals surface area contributed by atoms with Crippen molar-refractivity contribution >= 4 is 11.6 Å². The van der Waals surface area contributed by atoms with Crippen LogP contribution in [0.1, 0.15) is 58.7 Å². The standard InChI is InChI=1S/C27H43F2N5O3/c1-6-7-27(28,29)23-10-22-21(12-31-23)25(3,4)16-34(22)24(36)15-32-13-19(2)30-11-20(32)14-33-8-9-37-18-26(33,5)17-35/h10,12,19-20,30,35H,6-9,11,13-18H2,1-5H3/t19-,20-,26-/m1/s1. The number of ether oxygens (including phenoxy) is 1. The number of pyridine rings is 1. The summed E-state index contributed by atoms with van der Waals surface area (Å²) in [6, 6.07) is 1.72. The van der Waals surface area contributed by atoms with Gasteiger partial charge in [0.2, 0.25) is 5.91 Å². The van der Waals surface area contributed by atoms with Crippen LogP contribution in [0.3, 0.4) is 0 Å². The van der Waals surface area contributed by atoms with E-state index in [1.54, 1.807) is 11.8 Å². The fourth-order valence-electron chi connectivity index (χ4n) is 5.82. The third-order valence-electron chi connectivity index (χ3n) is 8.21. The number of nitrogens with one attached hydrogen (secondary N) is 1. The predicted molar refractivity (Wildman–Crippen MR) is 139 cm³/mol. The lowest BCUT2D eigenvalue weighted by molar-refractivity contribution is -0.122. The van der Waals surface area contributed by atoms with Crippen molar-refractivity contribution < 1.29 is 23.4 Å². The maximum Gasteiger partial charge on any atom is 0.289 e. The second kappa shape index (κ2) is 10.8. The van der Waals surface area contributed by atoms with Gasteiger partial charge in [0.1, 0.15) is 5.69 Å². The number of halogens is 2. The number of aliphatic hydroxyl groups is 1. The summed E-state index contributed by atoms with van der Waals surface area (Å²) in [5.41, 5.74) is 0.282. The van der Waals surface area contributed by atoms with Gasteiger partial charge in [0, 0.05) is 68.4 Å². The number of hydrogen-bond donors (Lipinski definition) is 2. The number of rotatable bonds is 8. The Kier molecular flexibility index (Phi) is 8.26. The van der Waals surface area contributed by atoms with E-state index in [1.165, 1.54) is 12.3 Å². The topological polar surface area (TPSA) is 81.2 Å². The van der Waals surface area contributed by atoms with E-state index < -0.39 is 11.5 Å². The molecule has 0 bridgehead atoms. The number of aliphatic hydroxyl groups excluding tert-OH is 1. The molecule has 0 aromatic carbocycles. The number of alkyl halides is 2. The van der Waals surface area contributed by atoms with Crippen LogP contribution in [-0.4, -0.2) is 103 Å². The van der Waals surface area contributed by atoms with E-state index in [0.29, 0.717) is 45.0 Å². The Hall–Kier alpha value is -1.72. The highest BCUT2D eigenvalue weighted by Crippen LogP contribution is 2.43. The normalized spacial score (nSPS) is 28.9. The number of nitrogens with zero attached hydrogens (tertiary/aromatic N) is 4. The van der Waals surface area contributed by atoms with Gasteiger partial charge in [-0.25, -0.2) is 0 Å². The Morgan fingerprint density at radius 1 is 1.35 bits per heavy atom. The minimum atomic E-state index is -3.03. The number of fused-ring (bicyclic) bond motifs is 1. The molecular weight excluding hydrogens is 480 g/mol. The third-order valence-corrected chi connectivity index (χ3v) is 8.21. The van der Waals surface area contributed by atoms with Gasteiger partial charge in [0.05, 0.1) is 37.6 Å². The molecule has 3 aliphatic heterocycles. The quantitative estimate of drug-likeness (QED) is 0.542. The van der Waals surface area contributed by atoms with Crippen LogP contribution in [0.4, 0.5) is 14.5 Å². The van der Waals surface area contributed by atoms with Gasteiger partial charge in [-0.15, -0.1) is 0 Å². The highest BCUT2D eigenvalue weighted by molar-refractivity contribution is 5.97. The smallest absolute Gasteiger partial charge is 0.289 e. The van der Waals surface area contributed by atoms with Crippen molar-refractivity contribution in [2.75, 3.05) is 64.0 Å². The number of amides is 1. The SMILES string of the molecule is CCCC(F)(F)c1cc2c(cn1)C(C)(C)CN2C(=O)CN1C[C@@H](C)NC[C@@H]1CN1CCOC[C@@]1(C)CO. The van der Waals surface area contributed by atoms with Crippen LogP contribution in [-0.2, 0) is 20.9 Å². The molecule has 3 atom stereocenters. The largest absolute Gasteiger partial charge is 0.394 e. The molecule has 208 valence electrons. The van der Waals surface area contributed by atoms with Crippen molar-refractivity contribution in [3.8, 4) is 0 Å². The molecule has 0 radical (unpaired) electrons. The van der Waals surface area contributed by atoms with Crippen molar-refractivity contribution in [2.24, 2.45) is 0 Å². The van der Waals surface area contributed by atoms with Crippen LogP contribution >= 0.6 is 0 Å². The van der Waals surface area contributed by atoms with Gasteiger partial charge in [0.15, 0.2) is 0 Å². The van der Waals surface area contributed by atoms with E-state index in [2.05, 4.69) is 27.0 Å². The lowest BCUT2D eigenvalue weighted by Crippen LogP contribution is -2.65. The summed E-state index contributed by atoms with van der Waals surface area (Å²) in [5.74, 6) is -3.12. The Bertz CT molecular complexity index is 977. The van der Waals surface area contributed by atoms with Crippen LogP contribution in [0.5, 0.6) is 0 Å². The van der Waals surface area contributed by atoms with Gasteiger partial charge in [0.25, 0.3) is 5.92 Å². The van der Waals surface area contributed by atoms with Crippen molar-refractivity contribution in [3.63, 3.8) is 0 Å². The molecule has 2 fully saturated rings. The van der Waals surface area contributed by atoms with Crippen molar-refractivity contribution in [1.29, 1.82) is 0 Å². The molecule has 0 spiro atoms. The molecule has 4 heterocycles. The predicted octanol–water partition coefficient (Wildman–Crippen LogP) is 2.34. The van der Waals surface area contributed by atoms with Crippen molar-refractivity contribution in [2.45, 2.75) is 76.4 Å². The highest BCUT2D eigenvalue weighted by atomic mass is 19.3. The van der Waals surface area contributed by atoms with E-state index in [-0.39, 0.29) is 48.7 Å². The minimum Gasteiger partial charge on any atom is -0.394 e. The molecule has 1 aromatic rings. The van der Waals surface area contributed by atoms with Crippen LogP contribution in [0.2, 0.25) is 0 Å². The maximum absolute atomic E-state index is 14.7. The van der Waals surface area contributed by atoms with Crippen molar-refractivity contribution in [3.05, 3.63) is 23.5 Å². The van der Waals surface area contributed by atoms with Crippen LogP contribution in [0, 0.1) is 0 Å². The fraction of sp³-hybridized carbons (Fsp3) is 0.778. The summed E-state index contributed by atoms with van der Waals surface area (Å²) in [4.78, 5) is 24.0. The number of carbonyl (C=O) groups is 1. The molecule has 1 aromatic heterocycles. The van der Waals surface area contributed by atoms with E-state index >= 15 is 0 Å². The molecule has 2 saturated heterocycles. The molecule has 2 N–H and O–H groups in total. The van der Waals surface area contributed by atoms with Gasteiger partial charge in [-0.3, -0.25) is 19.6 Å². The van der Waals surface area contributed by atoms with Crippen molar-refractivity contribution in [1.82, 2.24) is 20.1 Å². The average molecular weight is 524 g/mol. The molecule has 8 nitrogen and oxygen atoms in total. The second-order valence-corrected chi connectivity index (χ2v) is 12.0. The summed E-state index contributed by atoms with van der Waals surface area (Å²) in [6.07, 6.45) is 1.61. The fourth-order valence-corrected chi connectivity index (χ4v) is 5.82. The molecule has 37 heavy (non-hydrogen) atoms. The van der Waals surface area contributed by atoms with Gasteiger partial charge >= 0.3 is 0 Å². The minimum absolute atomic E-state index is 0.00115. The second-order valence-electron chi connectivity index (χ2n) is 12.0. The van der Waals surface area contributed by atoms with Crippen LogP contribution in [0.15, 0.2) is 12.3 Å². The Morgan fingerprint density at radius 2 is 2.11 bits per heavy atom. The molecule has 0 aliphatic carbocycles. The number of aromatic nitrogens is 1. The number of piperazine rings is 1. The third kappa shape index (κ3) is 5.83. The highest BCUT2D eigenvalue weighted by Gasteiger charge is 2.43. The van der Waals surface area contributed by atoms with E-state index in [0.717, 1.165) is 18.7 Å². The molecular formula is C27H43F2N5O3. The molecule has 10 heteroatoms. The summed E-state index contributed by atoms with van der Waals surface area (Å²) >= 11 is 0. The van der Waals surface area contributed by atoms with Gasteiger partial charge in [-0.05, 0) is 19.9 Å².